The largest absolute Gasteiger partial charge is 0.372 e. The minimum absolute atomic E-state index is 0.609. The summed E-state index contributed by atoms with van der Waals surface area (Å²) in [4.78, 5) is 0. The normalized spacial score (nSPS) is 10.8. The van der Waals surface area contributed by atoms with Crippen LogP contribution >= 0.6 is 31.9 Å². The highest BCUT2D eigenvalue weighted by Crippen LogP contribution is 2.20. The monoisotopic (exact) mass is 411 g/mol. The number of hydrogen-bond donors (Lipinski definition) is 1. The van der Waals surface area contributed by atoms with Crippen molar-refractivity contribution in [2.24, 2.45) is 0 Å². The van der Waals surface area contributed by atoms with Crippen LogP contribution in [-0.2, 0) is 24.5 Å². The Morgan fingerprint density at radius 1 is 0.952 bits per heavy atom. The van der Waals surface area contributed by atoms with Gasteiger partial charge in [0, 0.05) is 15.5 Å². The standard InChI is InChI=1S/C17H19Br2NO/c1-2-20-10-14-3-6-15(17(19)9-14)12-21-11-13-4-7-16(18)8-5-13/h3-9,20H,2,10-12H2,1H3. The van der Waals surface area contributed by atoms with Gasteiger partial charge >= 0.3 is 0 Å². The van der Waals surface area contributed by atoms with Crippen LogP contribution in [0.5, 0.6) is 0 Å². The lowest BCUT2D eigenvalue weighted by atomic mass is 10.1. The maximum Gasteiger partial charge on any atom is 0.0732 e. The molecule has 112 valence electrons. The van der Waals surface area contributed by atoms with Crippen molar-refractivity contribution in [2.75, 3.05) is 6.54 Å². The summed E-state index contributed by atoms with van der Waals surface area (Å²) in [5, 5.41) is 3.32. The van der Waals surface area contributed by atoms with Crippen molar-refractivity contribution in [2.45, 2.75) is 26.7 Å². The molecule has 2 nitrogen and oxygen atoms in total. The fraction of sp³-hybridized carbons (Fsp3) is 0.294. The lowest BCUT2D eigenvalue weighted by molar-refractivity contribution is 0.107. The van der Waals surface area contributed by atoms with Crippen LogP contribution in [0.1, 0.15) is 23.6 Å². The van der Waals surface area contributed by atoms with Crippen molar-refractivity contribution in [1.29, 1.82) is 0 Å². The predicted molar refractivity (Wildman–Crippen MR) is 94.2 cm³/mol. The molecule has 0 saturated heterocycles. The second-order valence-corrected chi connectivity index (χ2v) is 6.60. The zero-order valence-electron chi connectivity index (χ0n) is 12.0. The maximum absolute atomic E-state index is 5.79. The Kier molecular flexibility index (Phi) is 6.90. The maximum atomic E-state index is 5.79. The number of benzene rings is 2. The molecule has 0 saturated carbocycles. The fourth-order valence-electron chi connectivity index (χ4n) is 1.95. The minimum atomic E-state index is 0.609. The van der Waals surface area contributed by atoms with E-state index in [1.54, 1.807) is 0 Å². The average molecular weight is 413 g/mol. The predicted octanol–water partition coefficient (Wildman–Crippen LogP) is 5.04. The number of ether oxygens (including phenoxy) is 1. The van der Waals surface area contributed by atoms with Crippen molar-refractivity contribution in [3.05, 3.63) is 68.1 Å². The summed E-state index contributed by atoms with van der Waals surface area (Å²) in [5.74, 6) is 0. The van der Waals surface area contributed by atoms with Crippen molar-refractivity contribution in [1.82, 2.24) is 5.32 Å². The highest BCUT2D eigenvalue weighted by atomic mass is 79.9. The summed E-state index contributed by atoms with van der Waals surface area (Å²) >= 11 is 7.05. The van der Waals surface area contributed by atoms with Gasteiger partial charge < -0.3 is 10.1 Å². The third-order valence-electron chi connectivity index (χ3n) is 3.14. The van der Waals surface area contributed by atoms with Crippen molar-refractivity contribution in [3.8, 4) is 0 Å². The molecule has 0 radical (unpaired) electrons. The second kappa shape index (κ2) is 8.69. The van der Waals surface area contributed by atoms with Gasteiger partial charge in [-0.3, -0.25) is 0 Å². The first-order chi connectivity index (χ1) is 10.2. The number of rotatable bonds is 7. The summed E-state index contributed by atoms with van der Waals surface area (Å²) < 4.78 is 7.98. The van der Waals surface area contributed by atoms with E-state index in [1.807, 2.05) is 12.1 Å². The van der Waals surface area contributed by atoms with Gasteiger partial charge in [-0.15, -0.1) is 0 Å². The number of nitrogens with one attached hydrogen (secondary N) is 1. The molecule has 0 aliphatic rings. The molecular formula is C17H19Br2NO. The summed E-state index contributed by atoms with van der Waals surface area (Å²) in [5.41, 5.74) is 3.63. The molecule has 2 rings (SSSR count). The molecule has 2 aromatic rings. The molecule has 0 fully saturated rings. The van der Waals surface area contributed by atoms with Crippen LogP contribution < -0.4 is 5.32 Å². The van der Waals surface area contributed by atoms with E-state index in [2.05, 4.69) is 74.4 Å². The summed E-state index contributed by atoms with van der Waals surface area (Å²) in [7, 11) is 0. The molecule has 0 bridgehead atoms. The van der Waals surface area contributed by atoms with Crippen molar-refractivity contribution in [3.63, 3.8) is 0 Å². The van der Waals surface area contributed by atoms with Gasteiger partial charge in [-0.1, -0.05) is 63.0 Å². The van der Waals surface area contributed by atoms with Gasteiger partial charge in [-0.25, -0.2) is 0 Å². The second-order valence-electron chi connectivity index (χ2n) is 4.83. The lowest BCUT2D eigenvalue weighted by Gasteiger charge is -2.09. The molecule has 0 aliphatic heterocycles. The third-order valence-corrected chi connectivity index (χ3v) is 4.40. The molecule has 21 heavy (non-hydrogen) atoms. The molecule has 0 spiro atoms. The van der Waals surface area contributed by atoms with Gasteiger partial charge in [0.2, 0.25) is 0 Å². The lowest BCUT2D eigenvalue weighted by Crippen LogP contribution is -2.11. The van der Waals surface area contributed by atoms with Gasteiger partial charge in [-0.05, 0) is 41.4 Å². The van der Waals surface area contributed by atoms with E-state index in [9.17, 15) is 0 Å². The Hall–Kier alpha value is -0.680. The van der Waals surface area contributed by atoms with Crippen LogP contribution in [0.15, 0.2) is 51.4 Å². The van der Waals surface area contributed by atoms with Crippen LogP contribution in [0.3, 0.4) is 0 Å². The van der Waals surface area contributed by atoms with Gasteiger partial charge in [0.25, 0.3) is 0 Å². The molecule has 0 unspecified atom stereocenters. The number of hydrogen-bond acceptors (Lipinski definition) is 2. The Balaban J connectivity index is 1.86. The van der Waals surface area contributed by atoms with Gasteiger partial charge in [0.15, 0.2) is 0 Å². The van der Waals surface area contributed by atoms with E-state index in [4.69, 9.17) is 4.74 Å². The van der Waals surface area contributed by atoms with Gasteiger partial charge in [-0.2, -0.15) is 0 Å². The smallest absolute Gasteiger partial charge is 0.0732 e. The summed E-state index contributed by atoms with van der Waals surface area (Å²) in [6, 6.07) is 14.6. The zero-order chi connectivity index (χ0) is 15.1. The average Bonchev–Trinajstić information content (AvgIpc) is 2.49. The Morgan fingerprint density at radius 3 is 2.33 bits per heavy atom. The van der Waals surface area contributed by atoms with Crippen LogP contribution in [-0.4, -0.2) is 6.54 Å². The first kappa shape index (κ1) is 16.7. The zero-order valence-corrected chi connectivity index (χ0v) is 15.2. The topological polar surface area (TPSA) is 21.3 Å². The van der Waals surface area contributed by atoms with Crippen LogP contribution in [0.2, 0.25) is 0 Å². The van der Waals surface area contributed by atoms with E-state index in [-0.39, 0.29) is 0 Å². The van der Waals surface area contributed by atoms with Crippen LogP contribution in [0, 0.1) is 0 Å². The highest BCUT2D eigenvalue weighted by molar-refractivity contribution is 9.10. The molecule has 0 aromatic heterocycles. The van der Waals surface area contributed by atoms with Crippen LogP contribution in [0.4, 0.5) is 0 Å². The highest BCUT2D eigenvalue weighted by Gasteiger charge is 2.02. The molecule has 0 amide bonds. The minimum Gasteiger partial charge on any atom is -0.372 e. The van der Waals surface area contributed by atoms with Crippen molar-refractivity contribution < 1.29 is 4.74 Å². The quantitative estimate of drug-likeness (QED) is 0.687. The molecule has 0 aliphatic carbocycles. The van der Waals surface area contributed by atoms with E-state index in [0.717, 1.165) is 22.0 Å². The Labute approximate surface area is 143 Å². The van der Waals surface area contributed by atoms with Crippen LogP contribution in [0.25, 0.3) is 0 Å². The van der Waals surface area contributed by atoms with Gasteiger partial charge in [0.05, 0.1) is 13.2 Å². The third kappa shape index (κ3) is 5.55. The van der Waals surface area contributed by atoms with E-state index < -0.39 is 0 Å². The fourth-order valence-corrected chi connectivity index (χ4v) is 2.75. The molecule has 0 atom stereocenters. The molecule has 1 N–H and O–H groups in total. The first-order valence-electron chi connectivity index (χ1n) is 6.99. The molecule has 0 heterocycles. The number of halogens is 2. The van der Waals surface area contributed by atoms with E-state index in [0.29, 0.717) is 13.2 Å². The van der Waals surface area contributed by atoms with Crippen molar-refractivity contribution >= 4 is 31.9 Å². The summed E-state index contributed by atoms with van der Waals surface area (Å²) in [6.07, 6.45) is 0. The summed E-state index contributed by atoms with van der Waals surface area (Å²) in [6.45, 7) is 5.22. The SMILES string of the molecule is CCNCc1ccc(COCc2ccc(Br)cc2)c(Br)c1. The first-order valence-corrected chi connectivity index (χ1v) is 8.58. The Morgan fingerprint density at radius 2 is 1.67 bits per heavy atom. The van der Waals surface area contributed by atoms with Gasteiger partial charge in [0.1, 0.15) is 0 Å². The molecule has 4 heteroatoms. The molecular weight excluding hydrogens is 394 g/mol. The van der Waals surface area contributed by atoms with E-state index in [1.165, 1.54) is 16.7 Å². The van der Waals surface area contributed by atoms with E-state index >= 15 is 0 Å². The molecule has 2 aromatic carbocycles. The Bertz CT molecular complexity index is 570.